The number of benzene rings is 1. The largest absolute Gasteiger partial charge is 0.440 e. The molecule has 0 unspecified atom stereocenters. The third kappa shape index (κ3) is 2.38. The van der Waals surface area contributed by atoms with E-state index in [1.165, 1.54) is 24.3 Å². The van der Waals surface area contributed by atoms with E-state index in [2.05, 4.69) is 0 Å². The van der Waals surface area contributed by atoms with E-state index in [1.54, 1.807) is 13.0 Å². The summed E-state index contributed by atoms with van der Waals surface area (Å²) in [6.07, 6.45) is 0. The van der Waals surface area contributed by atoms with E-state index >= 15 is 0 Å². The van der Waals surface area contributed by atoms with E-state index in [-0.39, 0.29) is 28.5 Å². The van der Waals surface area contributed by atoms with Crippen LogP contribution in [0.15, 0.2) is 51.0 Å². The molecule has 0 radical (unpaired) electrons. The van der Waals surface area contributed by atoms with E-state index < -0.39 is 16.5 Å². The van der Waals surface area contributed by atoms with Gasteiger partial charge in [-0.15, -0.1) is 0 Å². The summed E-state index contributed by atoms with van der Waals surface area (Å²) in [6.45, 7) is 1.58. The van der Waals surface area contributed by atoms with Crippen molar-refractivity contribution in [1.29, 1.82) is 5.26 Å². The summed E-state index contributed by atoms with van der Waals surface area (Å²) in [5, 5.41) is 20.4. The maximum Gasteiger partial charge on any atom is 0.343 e. The topological polar surface area (TPSA) is 132 Å². The maximum atomic E-state index is 12.3. The van der Waals surface area contributed by atoms with Crippen molar-refractivity contribution in [2.45, 2.75) is 12.8 Å². The number of hydrogen-bond donors (Lipinski definition) is 1. The summed E-state index contributed by atoms with van der Waals surface area (Å²) in [7, 11) is 0. The third-order valence-corrected chi connectivity index (χ3v) is 3.67. The molecule has 2 aromatic rings. The number of nitro groups is 1. The standard InChI is InChI=1S/C16H11N3O5/c1-8-5-12-14(16(20)23-8)13(11(7-17)15(18)24-12)9-3-2-4-10(6-9)19(21)22/h2-6,13H,18H2,1H3/t13-/m1/s1. The van der Waals surface area contributed by atoms with Crippen LogP contribution in [0.2, 0.25) is 0 Å². The molecule has 0 spiro atoms. The minimum atomic E-state index is -0.893. The highest BCUT2D eigenvalue weighted by atomic mass is 16.6. The summed E-state index contributed by atoms with van der Waals surface area (Å²) in [5.41, 5.74) is 5.43. The normalized spacial score (nSPS) is 16.1. The first-order valence-electron chi connectivity index (χ1n) is 6.89. The second-order valence-corrected chi connectivity index (χ2v) is 5.20. The monoisotopic (exact) mass is 325 g/mol. The molecule has 1 aliphatic rings. The van der Waals surface area contributed by atoms with Crippen molar-refractivity contribution in [2.75, 3.05) is 0 Å². The number of hydrogen-bond acceptors (Lipinski definition) is 7. The Morgan fingerprint density at radius 1 is 1.38 bits per heavy atom. The highest BCUT2D eigenvalue weighted by Crippen LogP contribution is 2.41. The van der Waals surface area contributed by atoms with E-state index in [0.717, 1.165) is 0 Å². The summed E-state index contributed by atoms with van der Waals surface area (Å²) in [5.74, 6) is -0.538. The van der Waals surface area contributed by atoms with Crippen molar-refractivity contribution < 1.29 is 14.1 Å². The number of rotatable bonds is 2. The lowest BCUT2D eigenvalue weighted by Crippen LogP contribution is -2.26. The quantitative estimate of drug-likeness (QED) is 0.660. The van der Waals surface area contributed by atoms with Gasteiger partial charge in [0.05, 0.1) is 16.4 Å². The first-order chi connectivity index (χ1) is 11.4. The van der Waals surface area contributed by atoms with Gasteiger partial charge >= 0.3 is 5.63 Å². The fourth-order valence-corrected chi connectivity index (χ4v) is 2.67. The predicted molar refractivity (Wildman–Crippen MR) is 82.1 cm³/mol. The lowest BCUT2D eigenvalue weighted by Gasteiger charge is -2.25. The number of aryl methyl sites for hydroxylation is 1. The van der Waals surface area contributed by atoms with Crippen molar-refractivity contribution >= 4 is 5.69 Å². The molecule has 0 aliphatic carbocycles. The van der Waals surface area contributed by atoms with Crippen LogP contribution in [0.5, 0.6) is 5.75 Å². The third-order valence-electron chi connectivity index (χ3n) is 3.67. The molecule has 24 heavy (non-hydrogen) atoms. The minimum absolute atomic E-state index is 0.000786. The Balaban J connectivity index is 2.30. The van der Waals surface area contributed by atoms with Crippen LogP contribution in [0.25, 0.3) is 0 Å². The number of nitro benzene ring substituents is 1. The van der Waals surface area contributed by atoms with Crippen LogP contribution in [-0.2, 0) is 0 Å². The second-order valence-electron chi connectivity index (χ2n) is 5.20. The summed E-state index contributed by atoms with van der Waals surface area (Å²) >= 11 is 0. The number of non-ortho nitro benzene ring substituents is 1. The number of nitriles is 1. The van der Waals surface area contributed by atoms with Gasteiger partial charge in [-0.1, -0.05) is 12.1 Å². The van der Waals surface area contributed by atoms with Gasteiger partial charge in [0, 0.05) is 18.2 Å². The molecule has 1 aliphatic heterocycles. The lowest BCUT2D eigenvalue weighted by molar-refractivity contribution is -0.384. The lowest BCUT2D eigenvalue weighted by atomic mass is 9.84. The van der Waals surface area contributed by atoms with Crippen LogP contribution >= 0.6 is 0 Å². The van der Waals surface area contributed by atoms with Gasteiger partial charge in [0.15, 0.2) is 0 Å². The molecule has 0 fully saturated rings. The molecule has 0 saturated carbocycles. The highest BCUT2D eigenvalue weighted by molar-refractivity contribution is 5.55. The summed E-state index contributed by atoms with van der Waals surface area (Å²) in [6, 6.07) is 9.07. The first-order valence-corrected chi connectivity index (χ1v) is 6.89. The van der Waals surface area contributed by atoms with Gasteiger partial charge in [-0.05, 0) is 12.5 Å². The van der Waals surface area contributed by atoms with Gasteiger partial charge in [-0.25, -0.2) is 4.79 Å². The zero-order chi connectivity index (χ0) is 17.4. The number of nitrogens with zero attached hydrogens (tertiary/aromatic N) is 2. The maximum absolute atomic E-state index is 12.3. The van der Waals surface area contributed by atoms with Gasteiger partial charge in [0.2, 0.25) is 5.88 Å². The van der Waals surface area contributed by atoms with Gasteiger partial charge in [-0.3, -0.25) is 10.1 Å². The minimum Gasteiger partial charge on any atom is -0.440 e. The zero-order valence-corrected chi connectivity index (χ0v) is 12.5. The smallest absolute Gasteiger partial charge is 0.343 e. The van der Waals surface area contributed by atoms with E-state index in [0.29, 0.717) is 11.3 Å². The molecule has 0 bridgehead atoms. The average molecular weight is 325 g/mol. The molecule has 120 valence electrons. The molecule has 2 N–H and O–H groups in total. The molecule has 3 rings (SSSR count). The Kier molecular flexibility index (Phi) is 3.54. The van der Waals surface area contributed by atoms with Crippen LogP contribution in [-0.4, -0.2) is 4.92 Å². The summed E-state index contributed by atoms with van der Waals surface area (Å²) < 4.78 is 10.5. The van der Waals surface area contributed by atoms with Crippen molar-refractivity contribution in [1.82, 2.24) is 0 Å². The predicted octanol–water partition coefficient (Wildman–Crippen LogP) is 2.07. The van der Waals surface area contributed by atoms with Crippen LogP contribution < -0.4 is 16.1 Å². The Labute approximate surface area is 135 Å². The SMILES string of the molecule is Cc1cc2c(c(=O)o1)[C@H](c1cccc([N+](=O)[O-])c1)C(C#N)=C(N)O2. The van der Waals surface area contributed by atoms with E-state index in [1.807, 2.05) is 6.07 Å². The van der Waals surface area contributed by atoms with Gasteiger partial charge in [0.1, 0.15) is 23.2 Å². The molecular weight excluding hydrogens is 314 g/mol. The van der Waals surface area contributed by atoms with Crippen molar-refractivity contribution in [3.63, 3.8) is 0 Å². The Hall–Kier alpha value is -3.60. The second kappa shape index (κ2) is 5.55. The van der Waals surface area contributed by atoms with Gasteiger partial charge < -0.3 is 14.9 Å². The van der Waals surface area contributed by atoms with Crippen LogP contribution in [0, 0.1) is 28.4 Å². The van der Waals surface area contributed by atoms with Crippen LogP contribution in [0.3, 0.4) is 0 Å². The Morgan fingerprint density at radius 2 is 2.12 bits per heavy atom. The molecule has 1 atom stereocenters. The van der Waals surface area contributed by atoms with E-state index in [9.17, 15) is 20.2 Å². The zero-order valence-electron chi connectivity index (χ0n) is 12.5. The molecule has 1 aromatic carbocycles. The number of allylic oxidation sites excluding steroid dienone is 1. The Bertz CT molecular complexity index is 984. The highest BCUT2D eigenvalue weighted by Gasteiger charge is 2.34. The Morgan fingerprint density at radius 3 is 2.79 bits per heavy atom. The molecule has 8 heteroatoms. The molecule has 8 nitrogen and oxygen atoms in total. The van der Waals surface area contributed by atoms with Crippen molar-refractivity contribution in [3.05, 3.63) is 79.2 Å². The van der Waals surface area contributed by atoms with Crippen LogP contribution in [0.4, 0.5) is 5.69 Å². The molecule has 0 amide bonds. The molecular formula is C16H11N3O5. The van der Waals surface area contributed by atoms with Crippen molar-refractivity contribution in [3.8, 4) is 11.8 Å². The molecule has 2 heterocycles. The number of ether oxygens (including phenoxy) is 1. The van der Waals surface area contributed by atoms with E-state index in [4.69, 9.17) is 14.9 Å². The van der Waals surface area contributed by atoms with Gasteiger partial charge in [0.25, 0.3) is 5.69 Å². The molecule has 1 aromatic heterocycles. The average Bonchev–Trinajstić information content (AvgIpc) is 2.53. The van der Waals surface area contributed by atoms with Crippen LogP contribution in [0.1, 0.15) is 22.8 Å². The van der Waals surface area contributed by atoms with Crippen molar-refractivity contribution in [2.24, 2.45) is 5.73 Å². The fraction of sp³-hybridized carbons (Fsp3) is 0.125. The number of fused-ring (bicyclic) bond motifs is 1. The fourth-order valence-electron chi connectivity index (χ4n) is 2.67. The molecule has 0 saturated heterocycles. The number of nitrogens with two attached hydrogens (primary N) is 1. The van der Waals surface area contributed by atoms with Gasteiger partial charge in [-0.2, -0.15) is 5.26 Å². The summed E-state index contributed by atoms with van der Waals surface area (Å²) in [4.78, 5) is 22.8. The first kappa shape index (κ1) is 15.3.